The summed E-state index contributed by atoms with van der Waals surface area (Å²) < 4.78 is 32.0. The summed E-state index contributed by atoms with van der Waals surface area (Å²) in [6.45, 7) is 1.66. The highest BCUT2D eigenvalue weighted by atomic mass is 19.1. The number of rotatable bonds is 3. The first kappa shape index (κ1) is 12.2. The zero-order valence-corrected chi connectivity index (χ0v) is 9.41. The van der Waals surface area contributed by atoms with E-state index in [-0.39, 0.29) is 23.4 Å². The van der Waals surface area contributed by atoms with Gasteiger partial charge < -0.3 is 9.63 Å². The van der Waals surface area contributed by atoms with E-state index >= 15 is 0 Å². The van der Waals surface area contributed by atoms with Crippen molar-refractivity contribution in [2.75, 3.05) is 0 Å². The Labute approximate surface area is 101 Å². The average molecular weight is 253 g/mol. The van der Waals surface area contributed by atoms with Gasteiger partial charge in [-0.3, -0.25) is 0 Å². The van der Waals surface area contributed by atoms with Crippen molar-refractivity contribution in [2.45, 2.75) is 13.3 Å². The van der Waals surface area contributed by atoms with Crippen molar-refractivity contribution in [1.29, 1.82) is 0 Å². The summed E-state index contributed by atoms with van der Waals surface area (Å²) in [6.07, 6.45) is 0.269. The maximum atomic E-state index is 13.6. The van der Waals surface area contributed by atoms with Gasteiger partial charge in [0, 0.05) is 6.42 Å². The van der Waals surface area contributed by atoms with Crippen LogP contribution in [0, 0.1) is 11.6 Å². The molecule has 0 fully saturated rings. The lowest BCUT2D eigenvalue weighted by molar-refractivity contribution is 0.0695. The average Bonchev–Trinajstić information content (AvgIpc) is 2.72. The van der Waals surface area contributed by atoms with Gasteiger partial charge in [0.1, 0.15) is 22.9 Å². The van der Waals surface area contributed by atoms with Crippen molar-refractivity contribution >= 4 is 5.97 Å². The SMILES string of the molecule is CCc1onc(-c2c(F)cccc2F)c1C(=O)O. The van der Waals surface area contributed by atoms with Crippen LogP contribution in [0.1, 0.15) is 23.0 Å². The minimum atomic E-state index is -1.33. The lowest BCUT2D eigenvalue weighted by atomic mass is 10.0. The zero-order chi connectivity index (χ0) is 13.3. The molecule has 0 unspecified atom stereocenters. The summed E-state index contributed by atoms with van der Waals surface area (Å²) in [7, 11) is 0. The Morgan fingerprint density at radius 2 is 2.00 bits per heavy atom. The Morgan fingerprint density at radius 1 is 1.39 bits per heavy atom. The molecule has 0 saturated heterocycles. The van der Waals surface area contributed by atoms with Crippen LogP contribution in [0.15, 0.2) is 22.7 Å². The van der Waals surface area contributed by atoms with E-state index < -0.39 is 23.2 Å². The highest BCUT2D eigenvalue weighted by molar-refractivity contribution is 5.95. The molecule has 0 aliphatic heterocycles. The van der Waals surface area contributed by atoms with E-state index in [1.165, 1.54) is 6.07 Å². The number of hydrogen-bond acceptors (Lipinski definition) is 3. The van der Waals surface area contributed by atoms with E-state index in [4.69, 9.17) is 9.63 Å². The van der Waals surface area contributed by atoms with E-state index in [1.54, 1.807) is 6.92 Å². The second kappa shape index (κ2) is 4.56. The molecule has 1 N–H and O–H groups in total. The number of hydrogen-bond donors (Lipinski definition) is 1. The van der Waals surface area contributed by atoms with Gasteiger partial charge in [-0.25, -0.2) is 13.6 Å². The molecule has 0 radical (unpaired) electrons. The summed E-state index contributed by atoms with van der Waals surface area (Å²) in [5.74, 6) is -3.01. The maximum absolute atomic E-state index is 13.6. The molecule has 0 spiro atoms. The topological polar surface area (TPSA) is 63.3 Å². The van der Waals surface area contributed by atoms with Gasteiger partial charge in [-0.05, 0) is 12.1 Å². The molecular weight excluding hydrogens is 244 g/mol. The Hall–Kier alpha value is -2.24. The molecule has 1 aromatic heterocycles. The fourth-order valence-electron chi connectivity index (χ4n) is 1.68. The molecule has 18 heavy (non-hydrogen) atoms. The standard InChI is InChI=1S/C12H9F2NO3/c1-2-8-10(12(16)17)11(15-18-8)9-6(13)4-3-5-7(9)14/h3-5H,2H2,1H3,(H,16,17). The van der Waals surface area contributed by atoms with Crippen LogP contribution in [0.25, 0.3) is 11.3 Å². The fourth-order valence-corrected chi connectivity index (χ4v) is 1.68. The van der Waals surface area contributed by atoms with E-state index in [2.05, 4.69) is 5.16 Å². The Morgan fingerprint density at radius 3 is 2.50 bits per heavy atom. The molecule has 94 valence electrons. The Balaban J connectivity index is 2.72. The third kappa shape index (κ3) is 1.85. The summed E-state index contributed by atoms with van der Waals surface area (Å²) in [5.41, 5.74) is -1.12. The molecule has 0 aliphatic carbocycles. The van der Waals surface area contributed by atoms with Crippen molar-refractivity contribution in [2.24, 2.45) is 0 Å². The number of halogens is 2. The first-order chi connectivity index (χ1) is 8.56. The predicted molar refractivity (Wildman–Crippen MR) is 58.2 cm³/mol. The Kier molecular flexibility index (Phi) is 3.10. The maximum Gasteiger partial charge on any atom is 0.341 e. The van der Waals surface area contributed by atoms with Crippen LogP contribution in [0.5, 0.6) is 0 Å². The van der Waals surface area contributed by atoms with Crippen LogP contribution in [-0.2, 0) is 6.42 Å². The van der Waals surface area contributed by atoms with Crippen LogP contribution in [0.3, 0.4) is 0 Å². The van der Waals surface area contributed by atoms with Crippen LogP contribution >= 0.6 is 0 Å². The summed E-state index contributed by atoms with van der Waals surface area (Å²) in [4.78, 5) is 11.1. The van der Waals surface area contributed by atoms with Gasteiger partial charge in [-0.1, -0.05) is 18.1 Å². The number of aryl methyl sites for hydroxylation is 1. The summed E-state index contributed by atoms with van der Waals surface area (Å²) in [5, 5.41) is 12.5. The molecule has 4 nitrogen and oxygen atoms in total. The number of nitrogens with zero attached hydrogens (tertiary/aromatic N) is 1. The molecule has 0 bridgehead atoms. The third-order valence-corrected chi connectivity index (χ3v) is 2.50. The number of carboxylic acid groups (broad SMARTS) is 1. The van der Waals surface area contributed by atoms with Crippen molar-refractivity contribution < 1.29 is 23.2 Å². The van der Waals surface area contributed by atoms with Crippen molar-refractivity contribution in [3.8, 4) is 11.3 Å². The van der Waals surface area contributed by atoms with Gasteiger partial charge in [-0.2, -0.15) is 0 Å². The lowest BCUT2D eigenvalue weighted by Gasteiger charge is -2.02. The van der Waals surface area contributed by atoms with E-state index in [0.29, 0.717) is 0 Å². The number of carbonyl (C=O) groups is 1. The second-order valence-corrected chi connectivity index (χ2v) is 3.58. The summed E-state index contributed by atoms with van der Waals surface area (Å²) in [6, 6.07) is 3.25. The number of aromatic carboxylic acids is 1. The Bertz CT molecular complexity index is 587. The fraction of sp³-hybridized carbons (Fsp3) is 0.167. The van der Waals surface area contributed by atoms with Gasteiger partial charge in [0.25, 0.3) is 0 Å². The zero-order valence-electron chi connectivity index (χ0n) is 9.41. The van der Waals surface area contributed by atoms with Crippen molar-refractivity contribution in [1.82, 2.24) is 5.16 Å². The van der Waals surface area contributed by atoms with E-state index in [0.717, 1.165) is 12.1 Å². The second-order valence-electron chi connectivity index (χ2n) is 3.58. The van der Waals surface area contributed by atoms with Gasteiger partial charge >= 0.3 is 5.97 Å². The van der Waals surface area contributed by atoms with Gasteiger partial charge in [0.2, 0.25) is 0 Å². The minimum Gasteiger partial charge on any atom is -0.477 e. The van der Waals surface area contributed by atoms with Crippen molar-refractivity contribution in [3.05, 3.63) is 41.2 Å². The van der Waals surface area contributed by atoms with E-state index in [9.17, 15) is 13.6 Å². The van der Waals surface area contributed by atoms with Gasteiger partial charge in [-0.15, -0.1) is 0 Å². The molecule has 1 heterocycles. The van der Waals surface area contributed by atoms with Crippen LogP contribution < -0.4 is 0 Å². The molecule has 0 atom stereocenters. The quantitative estimate of drug-likeness (QED) is 0.913. The van der Waals surface area contributed by atoms with Crippen molar-refractivity contribution in [3.63, 3.8) is 0 Å². The first-order valence-corrected chi connectivity index (χ1v) is 5.22. The number of carboxylic acids is 1. The molecule has 6 heteroatoms. The lowest BCUT2D eigenvalue weighted by Crippen LogP contribution is -2.02. The smallest absolute Gasteiger partial charge is 0.341 e. The first-order valence-electron chi connectivity index (χ1n) is 5.22. The van der Waals surface area contributed by atoms with Gasteiger partial charge in [0.15, 0.2) is 5.76 Å². The van der Waals surface area contributed by atoms with Gasteiger partial charge in [0.05, 0.1) is 5.56 Å². The summed E-state index contributed by atoms with van der Waals surface area (Å²) >= 11 is 0. The largest absolute Gasteiger partial charge is 0.477 e. The molecule has 0 amide bonds. The third-order valence-electron chi connectivity index (χ3n) is 2.50. The van der Waals surface area contributed by atoms with E-state index in [1.807, 2.05) is 0 Å². The molecule has 0 saturated carbocycles. The molecule has 0 aliphatic rings. The molecule has 2 aromatic rings. The number of benzene rings is 1. The van der Waals surface area contributed by atoms with Crippen LogP contribution in [-0.4, -0.2) is 16.2 Å². The normalized spacial score (nSPS) is 10.6. The predicted octanol–water partition coefficient (Wildman–Crippen LogP) is 2.88. The highest BCUT2D eigenvalue weighted by Crippen LogP contribution is 2.30. The van der Waals surface area contributed by atoms with Crippen LogP contribution in [0.4, 0.5) is 8.78 Å². The number of aromatic nitrogens is 1. The highest BCUT2D eigenvalue weighted by Gasteiger charge is 2.26. The monoisotopic (exact) mass is 253 g/mol. The minimum absolute atomic E-state index is 0.0835. The van der Waals surface area contributed by atoms with Crippen LogP contribution in [0.2, 0.25) is 0 Å². The molecule has 1 aromatic carbocycles. The molecule has 2 rings (SSSR count). The molecular formula is C12H9F2NO3.